The van der Waals surface area contributed by atoms with Crippen molar-refractivity contribution in [1.29, 1.82) is 0 Å². The second-order valence-electron chi connectivity index (χ2n) is 3.54. The maximum Gasteiger partial charge on any atom is 0.407 e. The number of hydrogen-bond donors (Lipinski definition) is 2. The Morgan fingerprint density at radius 2 is 1.93 bits per heavy atom. The van der Waals surface area contributed by atoms with Gasteiger partial charge in [-0.05, 0) is 12.8 Å². The van der Waals surface area contributed by atoms with Crippen LogP contribution in [0, 0.1) is 5.41 Å². The van der Waals surface area contributed by atoms with Gasteiger partial charge in [-0.3, -0.25) is 4.79 Å². The summed E-state index contributed by atoms with van der Waals surface area (Å²) in [6.45, 7) is 0. The smallest absolute Gasteiger partial charge is 0.407 e. The molecule has 2 unspecified atom stereocenters. The maximum atomic E-state index is 12.6. The molecule has 0 spiro atoms. The van der Waals surface area contributed by atoms with Gasteiger partial charge in [-0.15, -0.1) is 0 Å². The average Bonchev–Trinajstić information content (AvgIpc) is 2.02. The summed E-state index contributed by atoms with van der Waals surface area (Å²) in [6.07, 6.45) is -6.74. The number of carboxylic acids is 1. The lowest BCUT2D eigenvalue weighted by Gasteiger charge is -2.38. The van der Waals surface area contributed by atoms with Crippen LogP contribution in [0.25, 0.3) is 0 Å². The second kappa shape index (κ2) is 3.42. The molecule has 0 saturated heterocycles. The van der Waals surface area contributed by atoms with Crippen molar-refractivity contribution in [2.45, 2.75) is 38.0 Å². The fourth-order valence-electron chi connectivity index (χ4n) is 1.86. The summed E-state index contributed by atoms with van der Waals surface area (Å²) in [5, 5.41) is 17.8. The number of aliphatic carboxylic acids is 1. The van der Waals surface area contributed by atoms with Crippen LogP contribution in [0.2, 0.25) is 0 Å². The van der Waals surface area contributed by atoms with Crippen LogP contribution in [-0.4, -0.2) is 28.5 Å². The van der Waals surface area contributed by atoms with Crippen molar-refractivity contribution >= 4 is 5.97 Å². The van der Waals surface area contributed by atoms with Gasteiger partial charge in [0.15, 0.2) is 5.41 Å². The lowest BCUT2D eigenvalue weighted by Crippen LogP contribution is -2.55. The standard InChI is InChI=1S/C8H11F3O3/c9-8(10,11)7(6(13)14)4-2-1-3-5(7)12/h5,12H,1-4H2,(H,13,14). The van der Waals surface area contributed by atoms with Gasteiger partial charge in [0.25, 0.3) is 0 Å². The normalized spacial score (nSPS) is 34.1. The Bertz CT molecular complexity index is 238. The van der Waals surface area contributed by atoms with Crippen LogP contribution >= 0.6 is 0 Å². The fourth-order valence-corrected chi connectivity index (χ4v) is 1.86. The van der Waals surface area contributed by atoms with Crippen molar-refractivity contribution in [3.8, 4) is 0 Å². The van der Waals surface area contributed by atoms with E-state index in [2.05, 4.69) is 0 Å². The molecule has 3 nitrogen and oxygen atoms in total. The van der Waals surface area contributed by atoms with Gasteiger partial charge in [0.1, 0.15) is 0 Å². The van der Waals surface area contributed by atoms with Crippen LogP contribution in [0.15, 0.2) is 0 Å². The third kappa shape index (κ3) is 1.47. The minimum atomic E-state index is -4.89. The van der Waals surface area contributed by atoms with E-state index in [0.717, 1.165) is 0 Å². The van der Waals surface area contributed by atoms with E-state index in [1.807, 2.05) is 0 Å². The van der Waals surface area contributed by atoms with Crippen molar-refractivity contribution in [2.75, 3.05) is 0 Å². The van der Waals surface area contributed by atoms with E-state index >= 15 is 0 Å². The first-order chi connectivity index (χ1) is 6.32. The molecule has 0 aromatic carbocycles. The zero-order valence-corrected chi connectivity index (χ0v) is 7.34. The molecule has 1 fully saturated rings. The third-order valence-corrected chi connectivity index (χ3v) is 2.76. The Morgan fingerprint density at radius 1 is 1.36 bits per heavy atom. The summed E-state index contributed by atoms with van der Waals surface area (Å²) in [4.78, 5) is 10.7. The molecule has 0 radical (unpaired) electrons. The lowest BCUT2D eigenvalue weighted by atomic mass is 9.71. The van der Waals surface area contributed by atoms with Gasteiger partial charge < -0.3 is 10.2 Å². The van der Waals surface area contributed by atoms with E-state index in [1.165, 1.54) is 0 Å². The van der Waals surface area contributed by atoms with Crippen LogP contribution in [-0.2, 0) is 4.79 Å². The minimum Gasteiger partial charge on any atom is -0.481 e. The summed E-state index contributed by atoms with van der Waals surface area (Å²) >= 11 is 0. The van der Waals surface area contributed by atoms with Gasteiger partial charge >= 0.3 is 12.1 Å². The van der Waals surface area contributed by atoms with Crippen molar-refractivity contribution in [3.63, 3.8) is 0 Å². The third-order valence-electron chi connectivity index (χ3n) is 2.76. The van der Waals surface area contributed by atoms with E-state index in [1.54, 1.807) is 0 Å². The second-order valence-corrected chi connectivity index (χ2v) is 3.54. The molecule has 0 aromatic heterocycles. The largest absolute Gasteiger partial charge is 0.481 e. The van der Waals surface area contributed by atoms with Crippen LogP contribution < -0.4 is 0 Å². The van der Waals surface area contributed by atoms with Crippen molar-refractivity contribution in [1.82, 2.24) is 0 Å². The van der Waals surface area contributed by atoms with Gasteiger partial charge in [0.2, 0.25) is 0 Å². The summed E-state index contributed by atoms with van der Waals surface area (Å²) in [5.74, 6) is -1.97. The minimum absolute atomic E-state index is 0.105. The number of carboxylic acid groups (broad SMARTS) is 1. The number of aliphatic hydroxyl groups excluding tert-OH is 1. The molecule has 2 atom stereocenters. The van der Waals surface area contributed by atoms with Crippen molar-refractivity contribution in [3.05, 3.63) is 0 Å². The Kier molecular flexibility index (Phi) is 2.76. The predicted molar refractivity (Wildman–Crippen MR) is 40.6 cm³/mol. The number of alkyl halides is 3. The monoisotopic (exact) mass is 212 g/mol. The van der Waals surface area contributed by atoms with Crippen LogP contribution in [0.4, 0.5) is 13.2 Å². The van der Waals surface area contributed by atoms with Gasteiger partial charge in [-0.2, -0.15) is 13.2 Å². The van der Waals surface area contributed by atoms with Crippen molar-refractivity contribution < 1.29 is 28.2 Å². The van der Waals surface area contributed by atoms with E-state index in [4.69, 9.17) is 5.11 Å². The number of hydrogen-bond acceptors (Lipinski definition) is 2. The van der Waals surface area contributed by atoms with E-state index in [9.17, 15) is 23.1 Å². The molecule has 82 valence electrons. The van der Waals surface area contributed by atoms with E-state index in [0.29, 0.717) is 6.42 Å². The summed E-state index contributed by atoms with van der Waals surface area (Å²) < 4.78 is 37.7. The molecule has 0 aliphatic heterocycles. The SMILES string of the molecule is O=C(O)C1(C(F)(F)F)CCCCC1O. The van der Waals surface area contributed by atoms with Gasteiger partial charge in [0, 0.05) is 0 Å². The molecule has 0 heterocycles. The number of halogens is 3. The maximum absolute atomic E-state index is 12.6. The fraction of sp³-hybridized carbons (Fsp3) is 0.875. The van der Waals surface area contributed by atoms with Crippen LogP contribution in [0.5, 0.6) is 0 Å². The number of carbonyl (C=O) groups is 1. The zero-order chi connectivity index (χ0) is 11.0. The number of aliphatic hydroxyl groups is 1. The van der Waals surface area contributed by atoms with Gasteiger partial charge in [-0.1, -0.05) is 12.8 Å². The molecular formula is C8H11F3O3. The summed E-state index contributed by atoms with van der Waals surface area (Å²) in [6, 6.07) is 0. The highest BCUT2D eigenvalue weighted by molar-refractivity contribution is 5.76. The highest BCUT2D eigenvalue weighted by atomic mass is 19.4. The molecule has 1 aliphatic rings. The quantitative estimate of drug-likeness (QED) is 0.693. The van der Waals surface area contributed by atoms with Gasteiger partial charge in [0.05, 0.1) is 6.10 Å². The Hall–Kier alpha value is -0.780. The van der Waals surface area contributed by atoms with E-state index < -0.39 is 30.1 Å². The lowest BCUT2D eigenvalue weighted by molar-refractivity contribution is -0.263. The molecule has 2 N–H and O–H groups in total. The summed E-state index contributed by atoms with van der Waals surface area (Å²) in [7, 11) is 0. The first kappa shape index (κ1) is 11.3. The Balaban J connectivity index is 3.08. The predicted octanol–water partition coefficient (Wildman–Crippen LogP) is 1.55. The summed E-state index contributed by atoms with van der Waals surface area (Å²) in [5.41, 5.74) is -2.95. The Labute approximate surface area is 78.5 Å². The molecule has 0 aromatic rings. The topological polar surface area (TPSA) is 57.5 Å². The number of rotatable bonds is 1. The first-order valence-corrected chi connectivity index (χ1v) is 4.30. The van der Waals surface area contributed by atoms with Crippen LogP contribution in [0.3, 0.4) is 0 Å². The molecule has 6 heteroatoms. The Morgan fingerprint density at radius 3 is 2.21 bits per heavy atom. The molecule has 1 rings (SSSR count). The van der Waals surface area contributed by atoms with Gasteiger partial charge in [-0.25, -0.2) is 0 Å². The van der Waals surface area contributed by atoms with Crippen LogP contribution in [0.1, 0.15) is 25.7 Å². The molecule has 1 saturated carbocycles. The molecule has 1 aliphatic carbocycles. The molecule has 0 bridgehead atoms. The van der Waals surface area contributed by atoms with E-state index in [-0.39, 0.29) is 12.8 Å². The molecular weight excluding hydrogens is 201 g/mol. The molecule has 0 amide bonds. The average molecular weight is 212 g/mol. The first-order valence-electron chi connectivity index (χ1n) is 4.30. The molecule has 14 heavy (non-hydrogen) atoms. The highest BCUT2D eigenvalue weighted by Crippen LogP contribution is 2.49. The van der Waals surface area contributed by atoms with Crippen molar-refractivity contribution in [2.24, 2.45) is 5.41 Å². The highest BCUT2D eigenvalue weighted by Gasteiger charge is 2.65. The zero-order valence-electron chi connectivity index (χ0n) is 7.34.